The highest BCUT2D eigenvalue weighted by Crippen LogP contribution is 2.62. The van der Waals surface area contributed by atoms with Gasteiger partial charge in [-0.25, -0.2) is 0 Å². The maximum Gasteiger partial charge on any atom is 0.313 e. The van der Waals surface area contributed by atoms with Gasteiger partial charge in [0.2, 0.25) is 0 Å². The van der Waals surface area contributed by atoms with E-state index in [0.717, 1.165) is 19.3 Å². The average Bonchev–Trinajstić information content (AvgIpc) is 3.00. The molecule has 2 nitrogen and oxygen atoms in total. The molecule has 0 unspecified atom stereocenters. The SMILES string of the molecule is CCCOC(=O)[C@@H]1CC2=CCCC[C@]2(C)C2=C1C1=CCC[C@@]1(C)CC2. The van der Waals surface area contributed by atoms with Crippen LogP contribution in [0.4, 0.5) is 0 Å². The molecule has 4 aliphatic rings. The molecule has 136 valence electrons. The van der Waals surface area contributed by atoms with Crippen molar-refractivity contribution in [3.63, 3.8) is 0 Å². The summed E-state index contributed by atoms with van der Waals surface area (Å²) in [5.41, 5.74) is 6.47. The van der Waals surface area contributed by atoms with Crippen LogP contribution in [0.25, 0.3) is 0 Å². The van der Waals surface area contributed by atoms with Crippen LogP contribution in [-0.4, -0.2) is 12.6 Å². The minimum atomic E-state index is -0.0667. The summed E-state index contributed by atoms with van der Waals surface area (Å²) in [5, 5.41) is 0. The molecular formula is C23H32O2. The molecule has 4 aliphatic carbocycles. The fourth-order valence-electron chi connectivity index (χ4n) is 5.88. The van der Waals surface area contributed by atoms with Gasteiger partial charge in [-0.05, 0) is 74.3 Å². The first-order chi connectivity index (χ1) is 12.0. The third-order valence-corrected chi connectivity index (χ3v) is 7.39. The summed E-state index contributed by atoms with van der Waals surface area (Å²) >= 11 is 0. The lowest BCUT2D eigenvalue weighted by Gasteiger charge is -2.50. The van der Waals surface area contributed by atoms with Gasteiger partial charge in [-0.15, -0.1) is 0 Å². The van der Waals surface area contributed by atoms with Crippen LogP contribution in [0.5, 0.6) is 0 Å². The van der Waals surface area contributed by atoms with E-state index in [1.165, 1.54) is 55.2 Å². The largest absolute Gasteiger partial charge is 0.465 e. The predicted octanol–water partition coefficient (Wildman–Crippen LogP) is 5.89. The predicted molar refractivity (Wildman–Crippen MR) is 101 cm³/mol. The van der Waals surface area contributed by atoms with Crippen LogP contribution in [0.15, 0.2) is 34.4 Å². The summed E-state index contributed by atoms with van der Waals surface area (Å²) in [6.07, 6.45) is 15.2. The van der Waals surface area contributed by atoms with Gasteiger partial charge in [-0.2, -0.15) is 0 Å². The van der Waals surface area contributed by atoms with Crippen LogP contribution in [0.3, 0.4) is 0 Å². The number of carbonyl (C=O) groups is 1. The van der Waals surface area contributed by atoms with Crippen molar-refractivity contribution in [3.05, 3.63) is 34.4 Å². The van der Waals surface area contributed by atoms with E-state index in [4.69, 9.17) is 4.74 Å². The van der Waals surface area contributed by atoms with Gasteiger partial charge in [0.1, 0.15) is 0 Å². The third-order valence-electron chi connectivity index (χ3n) is 7.39. The first kappa shape index (κ1) is 17.1. The van der Waals surface area contributed by atoms with Gasteiger partial charge in [0.15, 0.2) is 0 Å². The number of fused-ring (bicyclic) bond motifs is 4. The topological polar surface area (TPSA) is 26.3 Å². The second-order valence-electron chi connectivity index (χ2n) is 8.99. The molecule has 25 heavy (non-hydrogen) atoms. The quantitative estimate of drug-likeness (QED) is 0.473. The Labute approximate surface area is 152 Å². The van der Waals surface area contributed by atoms with E-state index < -0.39 is 0 Å². The van der Waals surface area contributed by atoms with E-state index in [-0.39, 0.29) is 22.7 Å². The van der Waals surface area contributed by atoms with E-state index in [1.807, 2.05) is 0 Å². The van der Waals surface area contributed by atoms with Gasteiger partial charge >= 0.3 is 5.97 Å². The van der Waals surface area contributed by atoms with Crippen LogP contribution in [0.1, 0.15) is 78.6 Å². The van der Waals surface area contributed by atoms with E-state index in [9.17, 15) is 4.79 Å². The van der Waals surface area contributed by atoms with Crippen molar-refractivity contribution < 1.29 is 9.53 Å². The minimum Gasteiger partial charge on any atom is -0.465 e. The number of hydrogen-bond acceptors (Lipinski definition) is 2. The second-order valence-corrected chi connectivity index (χ2v) is 8.99. The first-order valence-electron chi connectivity index (χ1n) is 10.3. The Bertz CT molecular complexity index is 680. The zero-order chi connectivity index (χ0) is 17.7. The maximum atomic E-state index is 13.0. The van der Waals surface area contributed by atoms with Crippen molar-refractivity contribution in [2.24, 2.45) is 16.7 Å². The van der Waals surface area contributed by atoms with Crippen molar-refractivity contribution in [2.45, 2.75) is 78.6 Å². The summed E-state index contributed by atoms with van der Waals surface area (Å²) in [5.74, 6) is -0.0529. The molecular weight excluding hydrogens is 308 g/mol. The molecule has 0 aromatic rings. The Balaban J connectivity index is 1.83. The van der Waals surface area contributed by atoms with Crippen LogP contribution in [0.2, 0.25) is 0 Å². The standard InChI is InChI=1S/C23H32O2/c1-4-14-25-21(24)17-15-16-8-5-6-12-23(16,3)19-10-13-22(2)11-7-9-18(22)20(17)19/h8-9,17H,4-7,10-15H2,1-3H3/t17-,22+,23+/m1/s1. The molecule has 2 heteroatoms. The van der Waals surface area contributed by atoms with Crippen molar-refractivity contribution in [2.75, 3.05) is 6.61 Å². The van der Waals surface area contributed by atoms with Gasteiger partial charge in [0.25, 0.3) is 0 Å². The lowest BCUT2D eigenvalue weighted by atomic mass is 9.54. The van der Waals surface area contributed by atoms with Crippen molar-refractivity contribution in [1.29, 1.82) is 0 Å². The summed E-state index contributed by atoms with van der Waals surface area (Å²) < 4.78 is 5.65. The molecule has 0 heterocycles. The molecule has 0 fully saturated rings. The fourth-order valence-corrected chi connectivity index (χ4v) is 5.88. The summed E-state index contributed by atoms with van der Waals surface area (Å²) in [6, 6.07) is 0. The van der Waals surface area contributed by atoms with Gasteiger partial charge in [0.05, 0.1) is 12.5 Å². The van der Waals surface area contributed by atoms with Gasteiger partial charge in [-0.3, -0.25) is 4.79 Å². The second kappa shape index (κ2) is 6.14. The number of esters is 1. The highest BCUT2D eigenvalue weighted by Gasteiger charge is 2.51. The van der Waals surface area contributed by atoms with Crippen LogP contribution in [0, 0.1) is 16.7 Å². The molecule has 0 N–H and O–H groups in total. The van der Waals surface area contributed by atoms with E-state index in [1.54, 1.807) is 5.57 Å². The average molecular weight is 341 g/mol. The molecule has 0 amide bonds. The van der Waals surface area contributed by atoms with E-state index >= 15 is 0 Å². The molecule has 0 spiro atoms. The van der Waals surface area contributed by atoms with Crippen molar-refractivity contribution >= 4 is 5.97 Å². The first-order valence-corrected chi connectivity index (χ1v) is 10.3. The fraction of sp³-hybridized carbons (Fsp3) is 0.696. The number of ether oxygens (including phenoxy) is 1. The smallest absolute Gasteiger partial charge is 0.313 e. The van der Waals surface area contributed by atoms with Gasteiger partial charge in [0, 0.05) is 5.41 Å². The van der Waals surface area contributed by atoms with Gasteiger partial charge in [-0.1, -0.05) is 44.1 Å². The molecule has 0 aromatic heterocycles. The normalized spacial score (nSPS) is 36.8. The summed E-state index contributed by atoms with van der Waals surface area (Å²) in [7, 11) is 0. The highest BCUT2D eigenvalue weighted by molar-refractivity contribution is 5.80. The Kier molecular flexibility index (Phi) is 4.21. The van der Waals surface area contributed by atoms with Crippen molar-refractivity contribution in [1.82, 2.24) is 0 Å². The van der Waals surface area contributed by atoms with Crippen LogP contribution < -0.4 is 0 Å². The Hall–Kier alpha value is -1.31. The van der Waals surface area contributed by atoms with Crippen molar-refractivity contribution in [3.8, 4) is 0 Å². The molecule has 0 saturated heterocycles. The maximum absolute atomic E-state index is 13.0. The zero-order valence-electron chi connectivity index (χ0n) is 16.1. The molecule has 4 rings (SSSR count). The molecule has 0 radical (unpaired) electrons. The number of carbonyl (C=O) groups excluding carboxylic acids is 1. The van der Waals surface area contributed by atoms with E-state index in [2.05, 4.69) is 32.9 Å². The number of allylic oxidation sites excluding steroid dienone is 5. The van der Waals surface area contributed by atoms with Gasteiger partial charge < -0.3 is 4.74 Å². The third kappa shape index (κ3) is 2.55. The Morgan fingerprint density at radius 1 is 1.20 bits per heavy atom. The lowest BCUT2D eigenvalue weighted by molar-refractivity contribution is -0.147. The molecule has 0 aromatic carbocycles. The minimum absolute atomic E-state index is 0.0138. The Morgan fingerprint density at radius 2 is 2.04 bits per heavy atom. The van der Waals surface area contributed by atoms with Crippen LogP contribution >= 0.6 is 0 Å². The highest BCUT2D eigenvalue weighted by atomic mass is 16.5. The molecule has 3 atom stereocenters. The molecule has 0 bridgehead atoms. The van der Waals surface area contributed by atoms with E-state index in [0.29, 0.717) is 6.61 Å². The zero-order valence-corrected chi connectivity index (χ0v) is 16.1. The summed E-state index contributed by atoms with van der Waals surface area (Å²) in [4.78, 5) is 13.0. The number of hydrogen-bond donors (Lipinski definition) is 0. The van der Waals surface area contributed by atoms with Crippen LogP contribution in [-0.2, 0) is 9.53 Å². The summed E-state index contributed by atoms with van der Waals surface area (Å²) in [6.45, 7) is 7.47. The monoisotopic (exact) mass is 340 g/mol. The number of rotatable bonds is 3. The lowest BCUT2D eigenvalue weighted by Crippen LogP contribution is -2.40. The molecule has 0 aliphatic heterocycles. The molecule has 0 saturated carbocycles. The Morgan fingerprint density at radius 3 is 2.84 bits per heavy atom.